The molecule has 0 saturated carbocycles. The van der Waals surface area contributed by atoms with Gasteiger partial charge in [-0.15, -0.1) is 0 Å². The van der Waals surface area contributed by atoms with Crippen molar-refractivity contribution in [2.24, 2.45) is 0 Å². The maximum absolute atomic E-state index is 11.9. The molecular formula is C20H16BrClN2O4. The van der Waals surface area contributed by atoms with Gasteiger partial charge in [0.15, 0.2) is 13.2 Å². The summed E-state index contributed by atoms with van der Waals surface area (Å²) in [6, 6.07) is 18.2. The first-order valence-electron chi connectivity index (χ1n) is 8.29. The Morgan fingerprint density at radius 1 is 0.857 bits per heavy atom. The molecule has 2 N–H and O–H groups in total. The molecule has 0 atom stereocenters. The highest BCUT2D eigenvalue weighted by molar-refractivity contribution is 9.10. The van der Waals surface area contributed by atoms with Gasteiger partial charge in [-0.1, -0.05) is 48.0 Å². The zero-order valence-corrected chi connectivity index (χ0v) is 16.9. The lowest BCUT2D eigenvalue weighted by atomic mass is 10.1. The summed E-state index contributed by atoms with van der Waals surface area (Å²) in [6.07, 6.45) is 0. The summed E-state index contributed by atoms with van der Waals surface area (Å²) in [6.45, 7) is -0.511. The minimum absolute atomic E-state index is 0.238. The van der Waals surface area contributed by atoms with Gasteiger partial charge in [0.05, 0.1) is 4.47 Å². The number of nitrogens with one attached hydrogen (secondary N) is 2. The molecule has 3 aromatic carbocycles. The lowest BCUT2D eigenvalue weighted by Gasteiger charge is -2.11. The van der Waals surface area contributed by atoms with Crippen molar-refractivity contribution in [1.82, 2.24) is 10.9 Å². The van der Waals surface area contributed by atoms with Crippen molar-refractivity contribution in [3.8, 4) is 11.5 Å². The Hall–Kier alpha value is -2.77. The Balaban J connectivity index is 1.44. The zero-order chi connectivity index (χ0) is 19.9. The summed E-state index contributed by atoms with van der Waals surface area (Å²) in [5.74, 6) is 0.0509. The second kappa shape index (κ2) is 9.43. The van der Waals surface area contributed by atoms with Crippen molar-refractivity contribution in [3.63, 3.8) is 0 Å². The molecule has 2 amide bonds. The van der Waals surface area contributed by atoms with Gasteiger partial charge >= 0.3 is 0 Å². The lowest BCUT2D eigenvalue weighted by Crippen LogP contribution is -2.45. The normalized spacial score (nSPS) is 10.4. The number of fused-ring (bicyclic) bond motifs is 1. The highest BCUT2D eigenvalue weighted by Gasteiger charge is 2.09. The number of halogens is 2. The highest BCUT2D eigenvalue weighted by atomic mass is 79.9. The zero-order valence-electron chi connectivity index (χ0n) is 14.6. The van der Waals surface area contributed by atoms with Crippen LogP contribution in [0, 0.1) is 0 Å². The van der Waals surface area contributed by atoms with E-state index in [-0.39, 0.29) is 13.2 Å². The van der Waals surface area contributed by atoms with E-state index in [4.69, 9.17) is 21.1 Å². The average Bonchev–Trinajstić information content (AvgIpc) is 2.70. The van der Waals surface area contributed by atoms with Crippen LogP contribution in [0.3, 0.4) is 0 Å². The van der Waals surface area contributed by atoms with Crippen LogP contribution < -0.4 is 20.3 Å². The van der Waals surface area contributed by atoms with Crippen LogP contribution in [0.5, 0.6) is 11.5 Å². The number of amides is 2. The minimum atomic E-state index is -0.514. The summed E-state index contributed by atoms with van der Waals surface area (Å²) >= 11 is 9.14. The molecule has 144 valence electrons. The predicted molar refractivity (Wildman–Crippen MR) is 110 cm³/mol. The van der Waals surface area contributed by atoms with Crippen LogP contribution in [-0.2, 0) is 9.59 Å². The van der Waals surface area contributed by atoms with E-state index in [1.54, 1.807) is 24.3 Å². The Labute approximate surface area is 174 Å². The number of hydrogen-bond acceptors (Lipinski definition) is 4. The second-order valence-corrected chi connectivity index (χ2v) is 7.02. The number of ether oxygens (including phenoxy) is 2. The fourth-order valence-corrected chi connectivity index (χ4v) is 3.21. The van der Waals surface area contributed by atoms with E-state index in [0.717, 1.165) is 10.8 Å². The van der Waals surface area contributed by atoms with Gasteiger partial charge in [-0.3, -0.25) is 20.4 Å². The Bertz CT molecular complexity index is 1010. The molecule has 0 aliphatic rings. The van der Waals surface area contributed by atoms with Gasteiger partial charge in [0, 0.05) is 10.4 Å². The quantitative estimate of drug-likeness (QED) is 0.544. The number of hydrazine groups is 1. The van der Waals surface area contributed by atoms with Crippen LogP contribution in [0.1, 0.15) is 0 Å². The fourth-order valence-electron chi connectivity index (χ4n) is 2.41. The van der Waals surface area contributed by atoms with Crippen LogP contribution >= 0.6 is 27.5 Å². The van der Waals surface area contributed by atoms with Crippen LogP contribution in [-0.4, -0.2) is 25.0 Å². The molecule has 28 heavy (non-hydrogen) atoms. The van der Waals surface area contributed by atoms with Crippen molar-refractivity contribution in [3.05, 3.63) is 70.2 Å². The van der Waals surface area contributed by atoms with Crippen molar-refractivity contribution >= 4 is 50.1 Å². The first kappa shape index (κ1) is 20.0. The molecule has 0 fully saturated rings. The summed E-state index contributed by atoms with van der Waals surface area (Å²) in [4.78, 5) is 23.7. The van der Waals surface area contributed by atoms with E-state index in [0.29, 0.717) is 21.0 Å². The molecule has 6 nitrogen and oxygen atoms in total. The van der Waals surface area contributed by atoms with Crippen LogP contribution in [0.25, 0.3) is 10.8 Å². The third-order valence-corrected chi connectivity index (χ3v) is 4.56. The van der Waals surface area contributed by atoms with E-state index in [1.807, 2.05) is 36.4 Å². The highest BCUT2D eigenvalue weighted by Crippen LogP contribution is 2.28. The molecule has 0 radical (unpaired) electrons. The van der Waals surface area contributed by atoms with Crippen LogP contribution in [0.15, 0.2) is 65.1 Å². The average molecular weight is 464 g/mol. The van der Waals surface area contributed by atoms with Gasteiger partial charge in [-0.25, -0.2) is 0 Å². The number of carbonyl (C=O) groups is 2. The Kier molecular flexibility index (Phi) is 6.73. The predicted octanol–water partition coefficient (Wildman–Crippen LogP) is 3.86. The van der Waals surface area contributed by atoms with E-state index < -0.39 is 11.8 Å². The van der Waals surface area contributed by atoms with Gasteiger partial charge in [0.1, 0.15) is 11.5 Å². The first-order valence-corrected chi connectivity index (χ1v) is 9.46. The largest absolute Gasteiger partial charge is 0.483 e. The molecule has 0 bridgehead atoms. The van der Waals surface area contributed by atoms with Gasteiger partial charge in [-0.2, -0.15) is 0 Å². The summed E-state index contributed by atoms with van der Waals surface area (Å²) in [7, 11) is 0. The van der Waals surface area contributed by atoms with E-state index >= 15 is 0 Å². The topological polar surface area (TPSA) is 76.7 Å². The molecule has 0 aliphatic heterocycles. The molecule has 0 saturated heterocycles. The maximum Gasteiger partial charge on any atom is 0.276 e. The maximum atomic E-state index is 11.9. The number of hydrogen-bond donors (Lipinski definition) is 2. The molecular weight excluding hydrogens is 448 g/mol. The van der Waals surface area contributed by atoms with Crippen molar-refractivity contribution in [2.45, 2.75) is 0 Å². The van der Waals surface area contributed by atoms with Crippen LogP contribution in [0.4, 0.5) is 0 Å². The van der Waals surface area contributed by atoms with Gasteiger partial charge in [0.2, 0.25) is 0 Å². The molecule has 0 heterocycles. The molecule has 0 spiro atoms. The molecule has 0 aliphatic carbocycles. The minimum Gasteiger partial charge on any atom is -0.483 e. The van der Waals surface area contributed by atoms with Gasteiger partial charge in [-0.05, 0) is 45.6 Å². The standard InChI is InChI=1S/C20H16BrClN2O4/c21-16-10-14(22)8-9-18(16)28-12-20(26)24-23-19(25)11-27-17-7-3-5-13-4-1-2-6-15(13)17/h1-10H,11-12H2,(H,23,25)(H,24,26). The molecule has 3 rings (SSSR count). The summed E-state index contributed by atoms with van der Waals surface area (Å²) < 4.78 is 11.5. The monoisotopic (exact) mass is 462 g/mol. The SMILES string of the molecule is O=C(COc1ccc(Cl)cc1Br)NNC(=O)COc1cccc2ccccc12. The van der Waals surface area contributed by atoms with E-state index in [1.165, 1.54) is 0 Å². The summed E-state index contributed by atoms with van der Waals surface area (Å²) in [5, 5.41) is 2.46. The van der Waals surface area contributed by atoms with Gasteiger partial charge in [0.25, 0.3) is 11.8 Å². The third kappa shape index (κ3) is 5.37. The molecule has 3 aromatic rings. The molecule has 0 aromatic heterocycles. The fraction of sp³-hybridized carbons (Fsp3) is 0.100. The molecule has 0 unspecified atom stereocenters. The number of rotatable bonds is 6. The lowest BCUT2D eigenvalue weighted by molar-refractivity contribution is -0.130. The number of benzene rings is 3. The van der Waals surface area contributed by atoms with Crippen LogP contribution in [0.2, 0.25) is 5.02 Å². The van der Waals surface area contributed by atoms with Gasteiger partial charge < -0.3 is 9.47 Å². The summed E-state index contributed by atoms with van der Waals surface area (Å²) in [5.41, 5.74) is 4.56. The second-order valence-electron chi connectivity index (χ2n) is 5.73. The third-order valence-electron chi connectivity index (χ3n) is 3.70. The van der Waals surface area contributed by atoms with Crippen molar-refractivity contribution < 1.29 is 19.1 Å². The Morgan fingerprint density at radius 2 is 1.50 bits per heavy atom. The van der Waals surface area contributed by atoms with E-state index in [2.05, 4.69) is 26.8 Å². The number of carbonyl (C=O) groups excluding carboxylic acids is 2. The smallest absolute Gasteiger partial charge is 0.276 e. The Morgan fingerprint density at radius 3 is 2.21 bits per heavy atom. The van der Waals surface area contributed by atoms with Crippen molar-refractivity contribution in [2.75, 3.05) is 13.2 Å². The van der Waals surface area contributed by atoms with Crippen molar-refractivity contribution in [1.29, 1.82) is 0 Å². The van der Waals surface area contributed by atoms with E-state index in [9.17, 15) is 9.59 Å². The molecule has 8 heteroatoms. The first-order chi connectivity index (χ1) is 13.5.